The number of carbonyl (C=O) groups is 1. The van der Waals surface area contributed by atoms with Gasteiger partial charge in [0, 0.05) is 59.9 Å². The minimum Gasteiger partial charge on any atom is -0.357 e. The molecule has 0 aromatic heterocycles. The van der Waals surface area contributed by atoms with Crippen molar-refractivity contribution in [1.82, 2.24) is 25.3 Å². The maximum atomic E-state index is 11.7. The van der Waals surface area contributed by atoms with Gasteiger partial charge in [0.15, 0.2) is 5.96 Å². The first kappa shape index (κ1) is 25.6. The summed E-state index contributed by atoms with van der Waals surface area (Å²) in [5.41, 5.74) is 1.39. The molecule has 2 N–H and O–H groups in total. The summed E-state index contributed by atoms with van der Waals surface area (Å²) < 4.78 is 0. The Labute approximate surface area is 192 Å². The zero-order valence-electron chi connectivity index (χ0n) is 18.1. The molecule has 1 aliphatic rings. The van der Waals surface area contributed by atoms with Crippen molar-refractivity contribution in [3.05, 3.63) is 35.9 Å². The maximum absolute atomic E-state index is 11.7. The molecule has 1 aromatic rings. The average molecular weight is 516 g/mol. The number of guanidine groups is 1. The summed E-state index contributed by atoms with van der Waals surface area (Å²) in [6.45, 7) is 10.5. The molecule has 0 atom stereocenters. The first-order valence-electron chi connectivity index (χ1n) is 10.3. The predicted molar refractivity (Wildman–Crippen MR) is 131 cm³/mol. The highest BCUT2D eigenvalue weighted by Crippen LogP contribution is 2.08. The zero-order chi connectivity index (χ0) is 20.2. The lowest BCUT2D eigenvalue weighted by Gasteiger charge is -2.34. The first-order chi connectivity index (χ1) is 13.6. The number of benzene rings is 1. The second kappa shape index (κ2) is 14.6. The van der Waals surface area contributed by atoms with E-state index in [1.807, 2.05) is 6.92 Å². The summed E-state index contributed by atoms with van der Waals surface area (Å²) in [6, 6.07) is 10.7. The molecule has 1 heterocycles. The minimum absolute atomic E-state index is 0. The molecule has 8 heteroatoms. The normalized spacial score (nSPS) is 15.5. The van der Waals surface area contributed by atoms with Crippen molar-refractivity contribution in [1.29, 1.82) is 0 Å². The van der Waals surface area contributed by atoms with Crippen LogP contribution >= 0.6 is 24.0 Å². The number of rotatable bonds is 9. The number of nitrogens with zero attached hydrogens (tertiary/aromatic N) is 4. The van der Waals surface area contributed by atoms with E-state index in [1.54, 1.807) is 19.0 Å². The molecule has 1 aliphatic heterocycles. The molecule has 2 rings (SSSR count). The monoisotopic (exact) mass is 516 g/mol. The number of halogens is 1. The van der Waals surface area contributed by atoms with E-state index < -0.39 is 0 Å². The second-order valence-electron chi connectivity index (χ2n) is 7.37. The predicted octanol–water partition coefficient (Wildman–Crippen LogP) is 1.46. The van der Waals surface area contributed by atoms with Gasteiger partial charge in [0.2, 0.25) is 5.91 Å². The van der Waals surface area contributed by atoms with Crippen molar-refractivity contribution in [3.63, 3.8) is 0 Å². The van der Waals surface area contributed by atoms with Gasteiger partial charge in [-0.15, -0.1) is 24.0 Å². The van der Waals surface area contributed by atoms with Gasteiger partial charge < -0.3 is 20.4 Å². The van der Waals surface area contributed by atoms with E-state index >= 15 is 0 Å². The van der Waals surface area contributed by atoms with Crippen molar-refractivity contribution >= 4 is 35.8 Å². The van der Waals surface area contributed by atoms with Crippen molar-refractivity contribution in [2.75, 3.05) is 66.5 Å². The number of nitrogens with one attached hydrogen (secondary N) is 2. The molecule has 0 aliphatic carbocycles. The number of hydrogen-bond acceptors (Lipinski definition) is 4. The molecule has 1 amide bonds. The van der Waals surface area contributed by atoms with E-state index in [4.69, 9.17) is 0 Å². The lowest BCUT2D eigenvalue weighted by atomic mass is 10.2. The van der Waals surface area contributed by atoms with E-state index in [9.17, 15) is 4.79 Å². The molecule has 29 heavy (non-hydrogen) atoms. The molecule has 164 valence electrons. The number of likely N-dealkylation sites (N-methyl/N-ethyl adjacent to an activating group) is 1. The summed E-state index contributed by atoms with van der Waals surface area (Å²) in [4.78, 5) is 22.7. The number of piperazine rings is 1. The number of carbonyl (C=O) groups excluding carboxylic acids is 1. The molecular weight excluding hydrogens is 479 g/mol. The number of aliphatic imine (C=N–C) groups is 1. The van der Waals surface area contributed by atoms with Crippen molar-refractivity contribution in [2.45, 2.75) is 19.9 Å². The third kappa shape index (κ3) is 10.3. The topological polar surface area (TPSA) is 63.2 Å². The first-order valence-corrected chi connectivity index (χ1v) is 10.3. The molecule has 0 unspecified atom stereocenters. The van der Waals surface area contributed by atoms with Crippen molar-refractivity contribution in [2.24, 2.45) is 4.99 Å². The Balaban J connectivity index is 0.00000420. The summed E-state index contributed by atoms with van der Waals surface area (Å²) >= 11 is 0. The standard InChI is InChI=1S/C21H36N6O.HI/c1-4-22-21(24-17-20(28)25(2)3)23-11-8-12-26-13-15-27(16-14-26)18-19-9-6-5-7-10-19;/h5-7,9-10H,4,8,11-18H2,1-3H3,(H2,22,23,24);1H. The van der Waals surface area contributed by atoms with Gasteiger partial charge in [-0.3, -0.25) is 9.69 Å². The van der Waals surface area contributed by atoms with E-state index in [2.05, 4.69) is 55.8 Å². The Hall–Kier alpha value is -1.39. The van der Waals surface area contributed by atoms with Crippen LogP contribution in [0.1, 0.15) is 18.9 Å². The Morgan fingerprint density at radius 1 is 1.07 bits per heavy atom. The Morgan fingerprint density at radius 2 is 1.72 bits per heavy atom. The van der Waals surface area contributed by atoms with Crippen molar-refractivity contribution in [3.8, 4) is 0 Å². The summed E-state index contributed by atoms with van der Waals surface area (Å²) in [5, 5.41) is 6.52. The van der Waals surface area contributed by atoms with Gasteiger partial charge in [0.05, 0.1) is 0 Å². The quantitative estimate of drug-likeness (QED) is 0.225. The molecule has 0 radical (unpaired) electrons. The summed E-state index contributed by atoms with van der Waals surface area (Å²) in [5.74, 6) is 0.718. The molecule has 1 saturated heterocycles. The third-order valence-electron chi connectivity index (χ3n) is 4.87. The second-order valence-corrected chi connectivity index (χ2v) is 7.37. The van der Waals surface area contributed by atoms with Crippen LogP contribution < -0.4 is 10.6 Å². The summed E-state index contributed by atoms with van der Waals surface area (Å²) in [7, 11) is 3.50. The molecule has 1 fully saturated rings. The van der Waals surface area contributed by atoms with Crippen LogP contribution in [0.5, 0.6) is 0 Å². The molecule has 0 saturated carbocycles. The van der Waals surface area contributed by atoms with E-state index in [-0.39, 0.29) is 36.4 Å². The Kier molecular flexibility index (Phi) is 12.9. The molecule has 1 aromatic carbocycles. The minimum atomic E-state index is 0. The van der Waals surface area contributed by atoms with Gasteiger partial charge >= 0.3 is 0 Å². The molecule has 0 spiro atoms. The highest BCUT2D eigenvalue weighted by atomic mass is 127. The highest BCUT2D eigenvalue weighted by molar-refractivity contribution is 14.0. The fourth-order valence-electron chi connectivity index (χ4n) is 3.15. The smallest absolute Gasteiger partial charge is 0.243 e. The van der Waals surface area contributed by atoms with E-state index in [0.29, 0.717) is 5.96 Å². The van der Waals surface area contributed by atoms with Crippen LogP contribution in [-0.4, -0.2) is 93.0 Å². The van der Waals surface area contributed by atoms with Gasteiger partial charge in [-0.05, 0) is 25.5 Å². The Bertz CT molecular complexity index is 602. The van der Waals surface area contributed by atoms with Crippen LogP contribution in [0.2, 0.25) is 0 Å². The molecule has 0 bridgehead atoms. The lowest BCUT2D eigenvalue weighted by Crippen LogP contribution is -2.46. The maximum Gasteiger partial charge on any atom is 0.243 e. The van der Waals surface area contributed by atoms with Gasteiger partial charge in [-0.2, -0.15) is 0 Å². The van der Waals surface area contributed by atoms with Crippen LogP contribution in [0.3, 0.4) is 0 Å². The van der Waals surface area contributed by atoms with Crippen LogP contribution in [-0.2, 0) is 11.3 Å². The van der Waals surface area contributed by atoms with Gasteiger partial charge in [-0.25, -0.2) is 4.99 Å². The fourth-order valence-corrected chi connectivity index (χ4v) is 3.15. The SMILES string of the molecule is CCNC(=NCC(=O)N(C)C)NCCCN1CCN(Cc2ccccc2)CC1.I. The van der Waals surface area contributed by atoms with Gasteiger partial charge in [0.25, 0.3) is 0 Å². The summed E-state index contributed by atoms with van der Waals surface area (Å²) in [6.07, 6.45) is 1.06. The van der Waals surface area contributed by atoms with Crippen LogP contribution in [0.25, 0.3) is 0 Å². The zero-order valence-corrected chi connectivity index (χ0v) is 20.4. The van der Waals surface area contributed by atoms with Crippen LogP contribution in [0.15, 0.2) is 35.3 Å². The van der Waals surface area contributed by atoms with E-state index in [0.717, 1.165) is 58.8 Å². The lowest BCUT2D eigenvalue weighted by molar-refractivity contribution is -0.127. The van der Waals surface area contributed by atoms with Gasteiger partial charge in [-0.1, -0.05) is 30.3 Å². The van der Waals surface area contributed by atoms with Crippen molar-refractivity contribution < 1.29 is 4.79 Å². The largest absolute Gasteiger partial charge is 0.357 e. The third-order valence-corrected chi connectivity index (χ3v) is 4.87. The van der Waals surface area contributed by atoms with Crippen LogP contribution in [0, 0.1) is 0 Å². The Morgan fingerprint density at radius 3 is 2.34 bits per heavy atom. The fraction of sp³-hybridized carbons (Fsp3) is 0.619. The van der Waals surface area contributed by atoms with E-state index in [1.165, 1.54) is 5.56 Å². The average Bonchev–Trinajstić information content (AvgIpc) is 2.71. The van der Waals surface area contributed by atoms with Gasteiger partial charge in [0.1, 0.15) is 6.54 Å². The molecule has 7 nitrogen and oxygen atoms in total. The number of hydrogen-bond donors (Lipinski definition) is 2. The number of amides is 1. The molecular formula is C21H37IN6O. The highest BCUT2D eigenvalue weighted by Gasteiger charge is 2.16. The van der Waals surface area contributed by atoms with Crippen LogP contribution in [0.4, 0.5) is 0 Å².